The van der Waals surface area contributed by atoms with E-state index in [-0.39, 0.29) is 26.0 Å². The summed E-state index contributed by atoms with van der Waals surface area (Å²) < 4.78 is 15.7. The molecule has 28 heavy (non-hydrogen) atoms. The van der Waals surface area contributed by atoms with Gasteiger partial charge in [-0.3, -0.25) is 4.79 Å². The average Bonchev–Trinajstić information content (AvgIpc) is 3.16. The largest absolute Gasteiger partial charge is 0.468 e. The predicted octanol–water partition coefficient (Wildman–Crippen LogP) is 0.247. The smallest absolute Gasteiger partial charge is 0.408 e. The molecule has 0 spiro atoms. The normalized spacial score (nSPS) is 11.4. The van der Waals surface area contributed by atoms with Crippen molar-refractivity contribution in [2.24, 2.45) is 0 Å². The van der Waals surface area contributed by atoms with E-state index in [9.17, 15) is 14.4 Å². The van der Waals surface area contributed by atoms with E-state index >= 15 is 0 Å². The van der Waals surface area contributed by atoms with Crippen molar-refractivity contribution < 1.29 is 28.6 Å². The molecule has 0 aliphatic rings. The van der Waals surface area contributed by atoms with Gasteiger partial charge in [0.15, 0.2) is 5.82 Å². The number of hydrogen-bond donors (Lipinski definition) is 1. The van der Waals surface area contributed by atoms with E-state index in [2.05, 4.69) is 25.6 Å². The van der Waals surface area contributed by atoms with Crippen molar-refractivity contribution in [3.63, 3.8) is 0 Å². The molecule has 11 nitrogen and oxygen atoms in total. The molecule has 0 bridgehead atoms. The first kappa shape index (κ1) is 20.8. The molecule has 1 heterocycles. The quantitative estimate of drug-likeness (QED) is 0.471. The van der Waals surface area contributed by atoms with Crippen LogP contribution in [0.3, 0.4) is 0 Å². The highest BCUT2D eigenvalue weighted by Crippen LogP contribution is 2.06. The van der Waals surface area contributed by atoms with Crippen LogP contribution >= 0.6 is 0 Å². The maximum Gasteiger partial charge on any atom is 0.408 e. The molecule has 0 fully saturated rings. The zero-order valence-electron chi connectivity index (χ0n) is 15.5. The number of aryl methyl sites for hydroxylation is 1. The van der Waals surface area contributed by atoms with Crippen LogP contribution in [0.15, 0.2) is 30.3 Å². The lowest BCUT2D eigenvalue weighted by molar-refractivity contribution is -0.143. The summed E-state index contributed by atoms with van der Waals surface area (Å²) in [7, 11) is 2.47. The molecule has 2 aromatic rings. The van der Waals surface area contributed by atoms with Crippen LogP contribution in [0.2, 0.25) is 0 Å². The number of nitrogens with zero attached hydrogens (tertiary/aromatic N) is 4. The van der Waals surface area contributed by atoms with Crippen LogP contribution in [0.25, 0.3) is 0 Å². The molecular formula is C17H21N5O6. The van der Waals surface area contributed by atoms with Crippen LogP contribution in [-0.2, 0) is 43.4 Å². The van der Waals surface area contributed by atoms with Crippen molar-refractivity contribution in [3.05, 3.63) is 41.7 Å². The number of rotatable bonds is 9. The average molecular weight is 391 g/mol. The van der Waals surface area contributed by atoms with Gasteiger partial charge in [0, 0.05) is 6.42 Å². The summed E-state index contributed by atoms with van der Waals surface area (Å²) in [5.41, 5.74) is 0.814. The molecule has 0 aliphatic heterocycles. The Labute approximate surface area is 160 Å². The van der Waals surface area contributed by atoms with E-state index in [1.54, 1.807) is 0 Å². The van der Waals surface area contributed by atoms with Gasteiger partial charge in [0.2, 0.25) is 0 Å². The molecule has 11 heteroatoms. The zero-order chi connectivity index (χ0) is 20.4. The Kier molecular flexibility index (Phi) is 7.88. The molecule has 2 rings (SSSR count). The first-order chi connectivity index (χ1) is 13.5. The standard InChI is InChI=1S/C17H21N5O6/c1-26-15(23)10-22-14(19-20-21-22)9-8-13(16(24)27-2)18-17(25)28-11-12-6-4-3-5-7-12/h3-7,13H,8-11H2,1-2H3,(H,18,25)/t13-/m0/s1. The molecule has 1 amide bonds. The number of carbonyl (C=O) groups is 3. The van der Waals surface area contributed by atoms with Crippen LogP contribution in [-0.4, -0.2) is 58.5 Å². The van der Waals surface area contributed by atoms with E-state index in [1.807, 2.05) is 30.3 Å². The molecule has 1 aromatic carbocycles. The highest BCUT2D eigenvalue weighted by Gasteiger charge is 2.23. The Morgan fingerprint density at radius 3 is 2.57 bits per heavy atom. The fourth-order valence-electron chi connectivity index (χ4n) is 2.28. The molecule has 1 N–H and O–H groups in total. The van der Waals surface area contributed by atoms with Crippen molar-refractivity contribution in [1.29, 1.82) is 0 Å². The Hall–Kier alpha value is -3.50. The second kappa shape index (κ2) is 10.6. The number of amides is 1. The predicted molar refractivity (Wildman–Crippen MR) is 93.7 cm³/mol. The number of esters is 2. The third-order valence-corrected chi connectivity index (χ3v) is 3.76. The van der Waals surface area contributed by atoms with Gasteiger partial charge in [-0.15, -0.1) is 5.10 Å². The third-order valence-electron chi connectivity index (χ3n) is 3.76. The molecule has 0 saturated carbocycles. The Bertz CT molecular complexity index is 794. The van der Waals surface area contributed by atoms with Gasteiger partial charge >= 0.3 is 18.0 Å². The Morgan fingerprint density at radius 2 is 1.89 bits per heavy atom. The van der Waals surface area contributed by atoms with Crippen molar-refractivity contribution in [3.8, 4) is 0 Å². The SMILES string of the molecule is COC(=O)Cn1nnnc1CC[C@H](NC(=O)OCc1ccccc1)C(=O)OC. The van der Waals surface area contributed by atoms with Crippen molar-refractivity contribution in [2.75, 3.05) is 14.2 Å². The number of aromatic nitrogens is 4. The fourth-order valence-corrected chi connectivity index (χ4v) is 2.28. The Balaban J connectivity index is 1.91. The fraction of sp³-hybridized carbons (Fsp3) is 0.412. The lowest BCUT2D eigenvalue weighted by Gasteiger charge is -2.16. The van der Waals surface area contributed by atoms with Crippen molar-refractivity contribution in [2.45, 2.75) is 32.0 Å². The van der Waals surface area contributed by atoms with E-state index in [4.69, 9.17) is 9.47 Å². The summed E-state index contributed by atoms with van der Waals surface area (Å²) in [6.07, 6.45) is -0.398. The van der Waals surface area contributed by atoms with Crippen LogP contribution in [0, 0.1) is 0 Å². The van der Waals surface area contributed by atoms with Gasteiger partial charge in [-0.2, -0.15) is 0 Å². The summed E-state index contributed by atoms with van der Waals surface area (Å²) in [6.45, 7) is -0.0911. The molecule has 0 saturated heterocycles. The molecule has 1 atom stereocenters. The maximum atomic E-state index is 12.0. The van der Waals surface area contributed by atoms with Crippen LogP contribution in [0.5, 0.6) is 0 Å². The first-order valence-corrected chi connectivity index (χ1v) is 8.40. The van der Waals surface area contributed by atoms with Gasteiger partial charge in [0.25, 0.3) is 0 Å². The summed E-state index contributed by atoms with van der Waals surface area (Å²) in [5, 5.41) is 13.5. The zero-order valence-corrected chi connectivity index (χ0v) is 15.5. The van der Waals surface area contributed by atoms with E-state index in [0.29, 0.717) is 5.82 Å². The van der Waals surface area contributed by atoms with Crippen molar-refractivity contribution in [1.82, 2.24) is 25.5 Å². The number of tetrazole rings is 1. The van der Waals surface area contributed by atoms with Gasteiger partial charge in [0.1, 0.15) is 19.2 Å². The van der Waals surface area contributed by atoms with E-state index in [0.717, 1.165) is 5.56 Å². The van der Waals surface area contributed by atoms with E-state index < -0.39 is 24.1 Å². The number of carbonyl (C=O) groups excluding carboxylic acids is 3. The van der Waals surface area contributed by atoms with Crippen LogP contribution in [0.4, 0.5) is 4.79 Å². The number of alkyl carbamates (subject to hydrolysis) is 1. The maximum absolute atomic E-state index is 12.0. The summed E-state index contributed by atoms with van der Waals surface area (Å²) in [4.78, 5) is 35.3. The number of ether oxygens (including phenoxy) is 3. The lowest BCUT2D eigenvalue weighted by Crippen LogP contribution is -2.42. The molecule has 0 aliphatic carbocycles. The van der Waals surface area contributed by atoms with Gasteiger partial charge in [-0.1, -0.05) is 30.3 Å². The lowest BCUT2D eigenvalue weighted by atomic mass is 10.1. The summed E-state index contributed by atoms with van der Waals surface area (Å²) >= 11 is 0. The minimum absolute atomic E-state index is 0.0674. The molecule has 0 unspecified atom stereocenters. The minimum Gasteiger partial charge on any atom is -0.468 e. The molecular weight excluding hydrogens is 370 g/mol. The highest BCUT2D eigenvalue weighted by atomic mass is 16.6. The van der Waals surface area contributed by atoms with Crippen LogP contribution < -0.4 is 5.32 Å². The number of nitrogens with one attached hydrogen (secondary N) is 1. The molecule has 1 aromatic heterocycles. The number of hydrogen-bond acceptors (Lipinski definition) is 9. The Morgan fingerprint density at radius 1 is 1.14 bits per heavy atom. The second-order valence-corrected chi connectivity index (χ2v) is 5.65. The molecule has 150 valence electrons. The first-order valence-electron chi connectivity index (χ1n) is 8.40. The van der Waals surface area contributed by atoms with Gasteiger partial charge in [0.05, 0.1) is 14.2 Å². The molecule has 0 radical (unpaired) electrons. The number of benzene rings is 1. The highest BCUT2D eigenvalue weighted by molar-refractivity contribution is 5.81. The minimum atomic E-state index is -0.962. The summed E-state index contributed by atoms with van der Waals surface area (Å²) in [6, 6.07) is 8.17. The van der Waals surface area contributed by atoms with Gasteiger partial charge < -0.3 is 19.5 Å². The van der Waals surface area contributed by atoms with Gasteiger partial charge in [-0.05, 0) is 22.4 Å². The van der Waals surface area contributed by atoms with Gasteiger partial charge in [-0.25, -0.2) is 14.3 Å². The number of methoxy groups -OCH3 is 2. The third kappa shape index (κ3) is 6.34. The van der Waals surface area contributed by atoms with E-state index in [1.165, 1.54) is 18.9 Å². The summed E-state index contributed by atoms with van der Waals surface area (Å²) in [5.74, 6) is -0.789. The topological polar surface area (TPSA) is 135 Å². The van der Waals surface area contributed by atoms with Crippen molar-refractivity contribution >= 4 is 18.0 Å². The van der Waals surface area contributed by atoms with Crippen LogP contribution in [0.1, 0.15) is 17.8 Å². The monoisotopic (exact) mass is 391 g/mol. The second-order valence-electron chi connectivity index (χ2n) is 5.65.